The molecule has 2 aromatic carbocycles. The molecule has 0 unspecified atom stereocenters. The molecule has 0 saturated heterocycles. The number of halogens is 1. The highest BCUT2D eigenvalue weighted by Crippen LogP contribution is 2.42. The van der Waals surface area contributed by atoms with Gasteiger partial charge in [0.2, 0.25) is 0 Å². The average Bonchev–Trinajstić information content (AvgIpc) is 3.59. The van der Waals surface area contributed by atoms with Gasteiger partial charge in [-0.05, 0) is 77.7 Å². The molecule has 3 rings (SSSR count). The normalized spacial score (nSPS) is 15.4. The Morgan fingerprint density at radius 2 is 1.59 bits per heavy atom. The lowest BCUT2D eigenvalue weighted by Crippen LogP contribution is -2.49. The summed E-state index contributed by atoms with van der Waals surface area (Å²) in [5, 5.41) is 3.08. The highest BCUT2D eigenvalue weighted by Gasteiger charge is 2.45. The molecule has 0 saturated carbocycles. The summed E-state index contributed by atoms with van der Waals surface area (Å²) in [7, 11) is -1.95. The number of ether oxygens (including phenoxy) is 3. The Labute approximate surface area is 346 Å². The van der Waals surface area contributed by atoms with Gasteiger partial charge in [-0.15, -0.1) is 11.3 Å². The van der Waals surface area contributed by atoms with E-state index in [0.29, 0.717) is 54.0 Å². The maximum absolute atomic E-state index is 13.4. The van der Waals surface area contributed by atoms with Crippen LogP contribution in [0.5, 0.6) is 5.75 Å². The zero-order chi connectivity index (χ0) is 40.0. The number of rotatable bonds is 23. The number of thiazole rings is 1. The second kappa shape index (κ2) is 22.7. The lowest BCUT2D eigenvalue weighted by molar-refractivity contribution is -0.148. The molecule has 0 bridgehead atoms. The number of nitrogens with one attached hydrogen (secondary N) is 1. The van der Waals surface area contributed by atoms with E-state index in [-0.39, 0.29) is 36.6 Å². The van der Waals surface area contributed by atoms with Gasteiger partial charge >= 0.3 is 5.97 Å². The van der Waals surface area contributed by atoms with E-state index < -0.39 is 19.3 Å². The van der Waals surface area contributed by atoms with Crippen LogP contribution < -0.4 is 9.46 Å². The van der Waals surface area contributed by atoms with Gasteiger partial charge in [0, 0.05) is 30.2 Å². The molecule has 0 spiro atoms. The minimum absolute atomic E-state index is 0.00487. The van der Waals surface area contributed by atoms with E-state index >= 15 is 0 Å². The first-order valence-electron chi connectivity index (χ1n) is 19.1. The minimum atomic E-state index is -2.12. The van der Waals surface area contributed by atoms with E-state index in [1.807, 2.05) is 73.4 Å². The first kappa shape index (κ1) is 46.4. The number of carbonyl (C=O) groups excluding carboxylic acids is 1. The summed E-state index contributed by atoms with van der Waals surface area (Å²) in [5.41, 5.74) is 5.65. The summed E-state index contributed by atoms with van der Waals surface area (Å²) >= 11 is 3.83. The highest BCUT2D eigenvalue weighted by atomic mass is 127. The summed E-state index contributed by atoms with van der Waals surface area (Å²) in [4.78, 5) is 18.9. The minimum Gasteiger partial charge on any atom is -0.497 e. The van der Waals surface area contributed by atoms with Crippen LogP contribution in [0, 0.1) is 6.92 Å². The quantitative estimate of drug-likeness (QED) is 0.0575. The third kappa shape index (κ3) is 14.2. The number of hydrogen-bond donors (Lipinski definition) is 1. The third-order valence-electron chi connectivity index (χ3n) is 10.0. The van der Waals surface area contributed by atoms with Crippen LogP contribution in [0.1, 0.15) is 109 Å². The summed E-state index contributed by atoms with van der Waals surface area (Å²) < 4.78 is 43.5. The molecule has 3 aromatic rings. The zero-order valence-corrected chi connectivity index (χ0v) is 38.9. The average molecular weight is 911 g/mol. The lowest BCUT2D eigenvalue weighted by Gasteiger charge is -2.43. The molecule has 5 atom stereocenters. The van der Waals surface area contributed by atoms with Crippen LogP contribution in [-0.2, 0) is 42.7 Å². The Hall–Kier alpha value is -1.94. The molecule has 1 N–H and O–H groups in total. The molecule has 0 radical (unpaired) electrons. The molecule has 12 heteroatoms. The smallest absolute Gasteiger partial charge is 0.307 e. The molecule has 1 aromatic heterocycles. The Morgan fingerprint density at radius 3 is 2.17 bits per heavy atom. The molecule has 0 fully saturated rings. The number of hydrogen-bond acceptors (Lipinski definition) is 8. The number of aryl methyl sites for hydroxylation is 1. The number of benzene rings is 2. The summed E-state index contributed by atoms with van der Waals surface area (Å²) in [6.45, 7) is 22.8. The Bertz CT molecular complexity index is 1610. The number of esters is 1. The van der Waals surface area contributed by atoms with Crippen molar-refractivity contribution in [3.8, 4) is 5.75 Å². The number of carbonyl (C=O) groups is 1. The van der Waals surface area contributed by atoms with E-state index in [4.69, 9.17) is 23.6 Å². The van der Waals surface area contributed by atoms with Crippen molar-refractivity contribution in [1.82, 2.24) is 9.71 Å². The van der Waals surface area contributed by atoms with Crippen LogP contribution in [0.2, 0.25) is 16.6 Å². The fourth-order valence-electron chi connectivity index (χ4n) is 7.29. The standard InChI is InChI=1S/C42H63IN2O6S2Si/c1-28(2)54(29(3)4,30(5)6)50-26-38(49-25-35-14-16-37(48-11)17-15-35)23-41-44-40(27-52-41)33(9)21-36(22-42(46)51-34(10)20-32(8)24-43)45-53(47)39-18-12-31(7)13-19-39/h12-19,24,27-30,33-34,36,38,45H,20-23,25-26H2,1-11H3/b32-24+/t33-,34-,36+,38-,53+/m0/s1. The van der Waals surface area contributed by atoms with Crippen LogP contribution in [0.15, 0.2) is 68.5 Å². The molecule has 8 nitrogen and oxygen atoms in total. The van der Waals surface area contributed by atoms with Gasteiger partial charge in [-0.3, -0.25) is 4.79 Å². The zero-order valence-electron chi connectivity index (χ0n) is 34.1. The van der Waals surface area contributed by atoms with Crippen molar-refractivity contribution in [2.24, 2.45) is 0 Å². The molecule has 0 aliphatic rings. The van der Waals surface area contributed by atoms with Gasteiger partial charge < -0.3 is 18.6 Å². The van der Waals surface area contributed by atoms with Crippen LogP contribution in [-0.4, -0.2) is 55.4 Å². The summed E-state index contributed by atoms with van der Waals surface area (Å²) in [6.07, 6.45) is 1.53. The maximum atomic E-state index is 13.4. The van der Waals surface area contributed by atoms with Crippen molar-refractivity contribution in [3.63, 3.8) is 0 Å². The Balaban J connectivity index is 1.79. The van der Waals surface area contributed by atoms with Gasteiger partial charge in [0.25, 0.3) is 0 Å². The first-order valence-corrected chi connectivity index (χ1v) is 24.5. The van der Waals surface area contributed by atoms with E-state index in [2.05, 4.69) is 81.2 Å². The number of methoxy groups -OCH3 is 1. The van der Waals surface area contributed by atoms with E-state index in [1.165, 1.54) is 0 Å². The van der Waals surface area contributed by atoms with Gasteiger partial charge in [-0.1, -0.05) is 106 Å². The molecule has 0 aliphatic carbocycles. The van der Waals surface area contributed by atoms with Crippen molar-refractivity contribution < 1.29 is 27.6 Å². The topological polar surface area (TPSA) is 96.0 Å². The SMILES string of the molecule is COc1ccc(CO[C@H](CO[Si](C(C)C)(C(C)C)C(C)C)Cc2nc([C@@H](C)C[C@H](CC(=O)O[C@@H](C)C/C(C)=C/I)N[S@](=O)c3ccc(C)cc3)cs2)cc1. The van der Waals surface area contributed by atoms with Crippen molar-refractivity contribution in [1.29, 1.82) is 0 Å². The first-order chi connectivity index (χ1) is 25.6. The molecule has 0 aliphatic heterocycles. The van der Waals surface area contributed by atoms with Crippen LogP contribution in [0.3, 0.4) is 0 Å². The number of aromatic nitrogens is 1. The molecule has 1 heterocycles. The monoisotopic (exact) mass is 910 g/mol. The van der Waals surface area contributed by atoms with Gasteiger partial charge in [0.05, 0.1) is 48.4 Å². The van der Waals surface area contributed by atoms with Crippen LogP contribution in [0.4, 0.5) is 0 Å². The third-order valence-corrected chi connectivity index (χ3v) is 19.3. The molecule has 300 valence electrons. The van der Waals surface area contributed by atoms with Gasteiger partial charge in [0.1, 0.15) is 22.8 Å². The predicted octanol–water partition coefficient (Wildman–Crippen LogP) is 11.0. The van der Waals surface area contributed by atoms with Crippen molar-refractivity contribution in [2.75, 3.05) is 13.7 Å². The van der Waals surface area contributed by atoms with Gasteiger partial charge in [-0.25, -0.2) is 13.9 Å². The van der Waals surface area contributed by atoms with Crippen LogP contribution >= 0.6 is 33.9 Å². The highest BCUT2D eigenvalue weighted by molar-refractivity contribution is 14.1. The molecule has 54 heavy (non-hydrogen) atoms. The fraction of sp³-hybridized carbons (Fsp3) is 0.571. The lowest BCUT2D eigenvalue weighted by atomic mass is 9.98. The molecular formula is C42H63IN2O6S2Si. The molecular weight excluding hydrogens is 848 g/mol. The Morgan fingerprint density at radius 1 is 0.963 bits per heavy atom. The van der Waals surface area contributed by atoms with E-state index in [1.54, 1.807) is 18.4 Å². The second-order valence-corrected chi connectivity index (χ2v) is 23.7. The second-order valence-electron chi connectivity index (χ2n) is 15.5. The largest absolute Gasteiger partial charge is 0.497 e. The maximum Gasteiger partial charge on any atom is 0.307 e. The van der Waals surface area contributed by atoms with Gasteiger partial charge in [-0.2, -0.15) is 0 Å². The summed E-state index contributed by atoms with van der Waals surface area (Å²) in [6, 6.07) is 15.2. The van der Waals surface area contributed by atoms with Crippen molar-refractivity contribution in [2.45, 2.75) is 147 Å². The number of nitrogens with zero attached hydrogens (tertiary/aromatic N) is 1. The van der Waals surface area contributed by atoms with E-state index in [0.717, 1.165) is 33.2 Å². The van der Waals surface area contributed by atoms with E-state index in [9.17, 15) is 9.00 Å². The predicted molar refractivity (Wildman–Crippen MR) is 234 cm³/mol. The molecule has 0 amide bonds. The Kier molecular flexibility index (Phi) is 19.5. The summed E-state index contributed by atoms with van der Waals surface area (Å²) in [5.74, 6) is 0.498. The van der Waals surface area contributed by atoms with Gasteiger partial charge in [0.15, 0.2) is 8.32 Å². The fourth-order valence-corrected chi connectivity index (χ4v) is 15.0. The van der Waals surface area contributed by atoms with Crippen molar-refractivity contribution in [3.05, 3.63) is 85.4 Å². The van der Waals surface area contributed by atoms with Crippen molar-refractivity contribution >= 4 is 59.2 Å². The van der Waals surface area contributed by atoms with Crippen LogP contribution in [0.25, 0.3) is 0 Å².